The van der Waals surface area contributed by atoms with Crippen molar-refractivity contribution >= 4 is 11.7 Å². The summed E-state index contributed by atoms with van der Waals surface area (Å²) < 4.78 is 5.09. The summed E-state index contributed by atoms with van der Waals surface area (Å²) in [5.74, 6) is 1.04. The van der Waals surface area contributed by atoms with Crippen molar-refractivity contribution in [1.29, 1.82) is 5.41 Å². The summed E-state index contributed by atoms with van der Waals surface area (Å²) in [5.41, 5.74) is 6.40. The number of nitrogens with two attached hydrogens (primary N) is 1. The van der Waals surface area contributed by atoms with Gasteiger partial charge in [-0.2, -0.15) is 0 Å². The van der Waals surface area contributed by atoms with Crippen LogP contribution < -0.4 is 10.6 Å². The monoisotopic (exact) mass is 251 g/mol. The number of hydrogen-bond donors (Lipinski definition) is 2. The maximum absolute atomic E-state index is 7.29. The van der Waals surface area contributed by atoms with Crippen molar-refractivity contribution in [3.63, 3.8) is 0 Å². The van der Waals surface area contributed by atoms with E-state index in [9.17, 15) is 0 Å². The molecule has 0 aromatic carbocycles. The number of aryl methyl sites for hydroxylation is 1. The quantitative estimate of drug-likeness (QED) is 0.527. The fraction of sp³-hybridized carbons (Fsp3) is 0.583. The molecule has 6 heteroatoms. The Bertz CT molecular complexity index is 382. The lowest BCUT2D eigenvalue weighted by Crippen LogP contribution is -2.31. The second-order valence-electron chi connectivity index (χ2n) is 3.98. The molecular weight excluding hydrogens is 230 g/mol. The molecule has 0 aliphatic carbocycles. The first-order valence-electron chi connectivity index (χ1n) is 6.05. The van der Waals surface area contributed by atoms with Crippen LogP contribution in [0.3, 0.4) is 0 Å². The predicted octanol–water partition coefficient (Wildman–Crippen LogP) is 0.818. The highest BCUT2D eigenvalue weighted by Gasteiger charge is 2.09. The van der Waals surface area contributed by atoms with Gasteiger partial charge in [-0.3, -0.25) is 5.41 Å². The van der Waals surface area contributed by atoms with E-state index < -0.39 is 0 Å². The molecule has 0 aliphatic rings. The Kier molecular flexibility index (Phi) is 6.07. The van der Waals surface area contributed by atoms with Crippen molar-refractivity contribution < 1.29 is 4.74 Å². The van der Waals surface area contributed by atoms with Crippen molar-refractivity contribution in [2.75, 3.05) is 31.7 Å². The largest absolute Gasteiger partial charge is 0.388 e. The van der Waals surface area contributed by atoms with Crippen molar-refractivity contribution in [1.82, 2.24) is 9.97 Å². The average Bonchev–Trinajstić information content (AvgIpc) is 2.38. The Morgan fingerprint density at radius 1 is 1.44 bits per heavy atom. The molecule has 1 aromatic heterocycles. The molecule has 0 aliphatic heterocycles. The van der Waals surface area contributed by atoms with Gasteiger partial charge < -0.3 is 15.4 Å². The number of hydrogen-bond acceptors (Lipinski definition) is 5. The van der Waals surface area contributed by atoms with Crippen LogP contribution in [0.5, 0.6) is 0 Å². The van der Waals surface area contributed by atoms with Crippen LogP contribution in [-0.2, 0) is 11.2 Å². The van der Waals surface area contributed by atoms with E-state index >= 15 is 0 Å². The lowest BCUT2D eigenvalue weighted by molar-refractivity contribution is 0.205. The summed E-state index contributed by atoms with van der Waals surface area (Å²) in [7, 11) is 1.67. The minimum atomic E-state index is 0.183. The third-order valence-electron chi connectivity index (χ3n) is 2.61. The van der Waals surface area contributed by atoms with E-state index in [4.69, 9.17) is 15.9 Å². The molecule has 3 N–H and O–H groups in total. The molecule has 6 nitrogen and oxygen atoms in total. The van der Waals surface area contributed by atoms with E-state index in [0.29, 0.717) is 19.6 Å². The van der Waals surface area contributed by atoms with Crippen LogP contribution >= 0.6 is 0 Å². The normalized spacial score (nSPS) is 10.3. The van der Waals surface area contributed by atoms with Gasteiger partial charge in [0.25, 0.3) is 0 Å². The number of anilines is 1. The molecule has 1 heterocycles. The number of nitrogens with zero attached hydrogens (tertiary/aromatic N) is 3. The van der Waals surface area contributed by atoms with Crippen molar-refractivity contribution in [3.8, 4) is 0 Å². The zero-order valence-electron chi connectivity index (χ0n) is 11.0. The maximum Gasteiger partial charge on any atom is 0.132 e. The van der Waals surface area contributed by atoms with Gasteiger partial charge in [0.05, 0.1) is 12.4 Å². The second-order valence-corrected chi connectivity index (χ2v) is 3.98. The molecule has 100 valence electrons. The number of amidine groups is 1. The van der Waals surface area contributed by atoms with Gasteiger partial charge in [0.1, 0.15) is 12.1 Å². The average molecular weight is 251 g/mol. The van der Waals surface area contributed by atoms with Gasteiger partial charge in [-0.1, -0.05) is 6.92 Å². The molecule has 0 atom stereocenters. The Labute approximate surface area is 108 Å². The van der Waals surface area contributed by atoms with E-state index in [1.807, 2.05) is 6.07 Å². The Hall–Kier alpha value is -1.69. The lowest BCUT2D eigenvalue weighted by atomic mass is 10.3. The molecule has 0 radical (unpaired) electrons. The van der Waals surface area contributed by atoms with Crippen LogP contribution in [0.25, 0.3) is 0 Å². The van der Waals surface area contributed by atoms with Crippen LogP contribution in [0, 0.1) is 5.41 Å². The van der Waals surface area contributed by atoms with Crippen LogP contribution in [0.2, 0.25) is 0 Å². The van der Waals surface area contributed by atoms with Gasteiger partial charge in [0.2, 0.25) is 0 Å². The van der Waals surface area contributed by atoms with E-state index in [1.165, 1.54) is 0 Å². The zero-order chi connectivity index (χ0) is 13.4. The third-order valence-corrected chi connectivity index (χ3v) is 2.61. The molecule has 0 amide bonds. The van der Waals surface area contributed by atoms with E-state index in [2.05, 4.69) is 21.8 Å². The van der Waals surface area contributed by atoms with Crippen LogP contribution in [0.4, 0.5) is 5.82 Å². The molecule has 0 bridgehead atoms. The van der Waals surface area contributed by atoms with E-state index in [0.717, 1.165) is 24.5 Å². The smallest absolute Gasteiger partial charge is 0.132 e. The van der Waals surface area contributed by atoms with Crippen LogP contribution in [0.1, 0.15) is 19.0 Å². The highest BCUT2D eigenvalue weighted by molar-refractivity contribution is 5.77. The molecule has 18 heavy (non-hydrogen) atoms. The summed E-state index contributed by atoms with van der Waals surface area (Å²) in [6.45, 7) is 4.06. The van der Waals surface area contributed by atoms with E-state index in [1.54, 1.807) is 13.4 Å². The number of rotatable bonds is 8. The van der Waals surface area contributed by atoms with Gasteiger partial charge in [-0.25, -0.2) is 9.97 Å². The molecule has 0 saturated carbocycles. The van der Waals surface area contributed by atoms with Crippen molar-refractivity contribution in [2.45, 2.75) is 19.8 Å². The van der Waals surface area contributed by atoms with Gasteiger partial charge in [0.15, 0.2) is 0 Å². The Morgan fingerprint density at radius 2 is 2.22 bits per heavy atom. The fourth-order valence-corrected chi connectivity index (χ4v) is 1.55. The molecule has 1 aromatic rings. The maximum atomic E-state index is 7.29. The highest BCUT2D eigenvalue weighted by Crippen LogP contribution is 2.11. The summed E-state index contributed by atoms with van der Waals surface area (Å²) in [6, 6.07) is 1.97. The first kappa shape index (κ1) is 14.4. The summed E-state index contributed by atoms with van der Waals surface area (Å²) in [6.07, 6.45) is 2.97. The SMILES string of the molecule is CCc1cc(N(CCOC)CCC(=N)N)ncn1. The van der Waals surface area contributed by atoms with Crippen LogP contribution in [-0.4, -0.2) is 42.6 Å². The molecule has 0 spiro atoms. The molecule has 0 saturated heterocycles. The Balaban J connectivity index is 2.75. The topological polar surface area (TPSA) is 88.1 Å². The second kappa shape index (κ2) is 7.60. The number of nitrogens with one attached hydrogen (secondary N) is 1. The molecule has 0 unspecified atom stereocenters. The van der Waals surface area contributed by atoms with Crippen LogP contribution in [0.15, 0.2) is 12.4 Å². The minimum absolute atomic E-state index is 0.183. The summed E-state index contributed by atoms with van der Waals surface area (Å²) in [5, 5.41) is 7.29. The first-order chi connectivity index (χ1) is 8.67. The van der Waals surface area contributed by atoms with Gasteiger partial charge >= 0.3 is 0 Å². The molecule has 0 fully saturated rings. The van der Waals surface area contributed by atoms with Gasteiger partial charge in [-0.15, -0.1) is 0 Å². The minimum Gasteiger partial charge on any atom is -0.388 e. The van der Waals surface area contributed by atoms with Crippen molar-refractivity contribution in [2.24, 2.45) is 5.73 Å². The van der Waals surface area contributed by atoms with Gasteiger partial charge in [-0.05, 0) is 6.42 Å². The Morgan fingerprint density at radius 3 is 2.83 bits per heavy atom. The number of methoxy groups -OCH3 is 1. The zero-order valence-corrected chi connectivity index (χ0v) is 11.0. The first-order valence-corrected chi connectivity index (χ1v) is 6.05. The van der Waals surface area contributed by atoms with Gasteiger partial charge in [0, 0.05) is 38.4 Å². The predicted molar refractivity (Wildman–Crippen MR) is 72.0 cm³/mol. The summed E-state index contributed by atoms with van der Waals surface area (Å²) >= 11 is 0. The summed E-state index contributed by atoms with van der Waals surface area (Å²) in [4.78, 5) is 10.5. The molecular formula is C12H21N5O. The lowest BCUT2D eigenvalue weighted by Gasteiger charge is -2.23. The van der Waals surface area contributed by atoms with Crippen molar-refractivity contribution in [3.05, 3.63) is 18.1 Å². The standard InChI is InChI=1S/C12H21N5O/c1-3-10-8-12(16-9-15-10)17(6-7-18-2)5-4-11(13)14/h8-9H,3-7H2,1-2H3,(H3,13,14). The fourth-order valence-electron chi connectivity index (χ4n) is 1.55. The molecule has 1 rings (SSSR count). The number of ether oxygens (including phenoxy) is 1. The third kappa shape index (κ3) is 4.67. The number of aromatic nitrogens is 2. The van der Waals surface area contributed by atoms with E-state index in [-0.39, 0.29) is 5.84 Å². The highest BCUT2D eigenvalue weighted by atomic mass is 16.5.